The highest BCUT2D eigenvalue weighted by Gasteiger charge is 2.27. The third kappa shape index (κ3) is 3.49. The van der Waals surface area contributed by atoms with Crippen LogP contribution in [0.3, 0.4) is 0 Å². The Kier molecular flexibility index (Phi) is 5.31. The smallest absolute Gasteiger partial charge is 0.329 e. The third-order valence-corrected chi connectivity index (χ3v) is 6.62. The van der Waals surface area contributed by atoms with Crippen LogP contribution in [0.15, 0.2) is 41.5 Å². The molecule has 28 heavy (non-hydrogen) atoms. The van der Waals surface area contributed by atoms with Gasteiger partial charge >= 0.3 is 5.97 Å². The van der Waals surface area contributed by atoms with Crippen LogP contribution >= 0.6 is 11.3 Å². The number of fused-ring (bicyclic) bond motifs is 3. The molecule has 0 radical (unpaired) electrons. The van der Waals surface area contributed by atoms with Gasteiger partial charge in [0.1, 0.15) is 17.5 Å². The van der Waals surface area contributed by atoms with Gasteiger partial charge in [-0.15, -0.1) is 11.3 Å². The summed E-state index contributed by atoms with van der Waals surface area (Å²) in [7, 11) is 0. The fourth-order valence-corrected chi connectivity index (χ4v) is 5.21. The zero-order valence-corrected chi connectivity index (χ0v) is 17.0. The zero-order valence-electron chi connectivity index (χ0n) is 16.2. The molecule has 6 heteroatoms. The Labute approximate surface area is 168 Å². The molecule has 1 aromatic carbocycles. The Morgan fingerprint density at radius 3 is 2.89 bits per heavy atom. The van der Waals surface area contributed by atoms with Crippen molar-refractivity contribution in [1.29, 1.82) is 0 Å². The van der Waals surface area contributed by atoms with Crippen LogP contribution in [0.4, 0.5) is 0 Å². The summed E-state index contributed by atoms with van der Waals surface area (Å²) >= 11 is 1.62. The second-order valence-corrected chi connectivity index (χ2v) is 8.59. The Morgan fingerprint density at radius 1 is 1.36 bits per heavy atom. The van der Waals surface area contributed by atoms with Crippen LogP contribution in [-0.2, 0) is 29.0 Å². The van der Waals surface area contributed by atoms with Gasteiger partial charge in [0.05, 0.1) is 11.7 Å². The molecule has 0 saturated heterocycles. The van der Waals surface area contributed by atoms with Gasteiger partial charge in [0.15, 0.2) is 0 Å². The van der Waals surface area contributed by atoms with Crippen molar-refractivity contribution >= 4 is 27.5 Å². The lowest BCUT2D eigenvalue weighted by molar-refractivity contribution is -0.149. The second kappa shape index (κ2) is 7.87. The summed E-state index contributed by atoms with van der Waals surface area (Å²) in [5, 5.41) is 0.698. The van der Waals surface area contributed by atoms with Crippen molar-refractivity contribution in [3.8, 4) is 0 Å². The van der Waals surface area contributed by atoms with Crippen LogP contribution in [0.2, 0.25) is 0 Å². The topological polar surface area (TPSA) is 61.2 Å². The van der Waals surface area contributed by atoms with Gasteiger partial charge in [0.25, 0.3) is 5.56 Å². The quantitative estimate of drug-likeness (QED) is 0.604. The number of ether oxygens (including phenoxy) is 1. The van der Waals surface area contributed by atoms with Crippen molar-refractivity contribution < 1.29 is 9.53 Å². The number of rotatable bonds is 5. The minimum Gasteiger partial charge on any atom is -0.459 e. The summed E-state index contributed by atoms with van der Waals surface area (Å²) in [6.45, 7) is 4.33. The second-order valence-electron chi connectivity index (χ2n) is 7.51. The van der Waals surface area contributed by atoms with Crippen molar-refractivity contribution in [2.75, 3.05) is 0 Å². The van der Waals surface area contributed by atoms with Gasteiger partial charge in [-0.25, -0.2) is 9.78 Å². The van der Waals surface area contributed by atoms with E-state index in [9.17, 15) is 9.59 Å². The molecule has 5 nitrogen and oxygen atoms in total. The van der Waals surface area contributed by atoms with Crippen molar-refractivity contribution in [2.45, 2.75) is 52.2 Å². The molecule has 0 saturated carbocycles. The highest BCUT2D eigenvalue weighted by Crippen LogP contribution is 2.35. The molecule has 146 valence electrons. The van der Waals surface area contributed by atoms with Gasteiger partial charge in [-0.1, -0.05) is 44.2 Å². The Morgan fingerprint density at radius 2 is 2.14 bits per heavy atom. The molecule has 3 aromatic rings. The van der Waals surface area contributed by atoms with Gasteiger partial charge in [0, 0.05) is 4.88 Å². The average molecular weight is 397 g/mol. The first-order valence-corrected chi connectivity index (χ1v) is 10.6. The highest BCUT2D eigenvalue weighted by molar-refractivity contribution is 7.18. The summed E-state index contributed by atoms with van der Waals surface area (Å²) in [5.41, 5.74) is 1.94. The molecule has 0 amide bonds. The van der Waals surface area contributed by atoms with Crippen molar-refractivity contribution in [2.24, 2.45) is 5.92 Å². The first-order chi connectivity index (χ1) is 13.6. The van der Waals surface area contributed by atoms with E-state index in [-0.39, 0.29) is 12.2 Å². The number of hydrogen-bond acceptors (Lipinski definition) is 5. The van der Waals surface area contributed by atoms with E-state index in [0.29, 0.717) is 17.7 Å². The van der Waals surface area contributed by atoms with Crippen molar-refractivity contribution in [1.82, 2.24) is 9.55 Å². The first-order valence-electron chi connectivity index (χ1n) is 9.80. The van der Waals surface area contributed by atoms with Crippen LogP contribution in [0.1, 0.15) is 48.7 Å². The van der Waals surface area contributed by atoms with E-state index in [1.54, 1.807) is 11.3 Å². The van der Waals surface area contributed by atoms with E-state index in [2.05, 4.69) is 11.9 Å². The van der Waals surface area contributed by atoms with Crippen LogP contribution in [0.5, 0.6) is 0 Å². The Bertz CT molecular complexity index is 1050. The maximum absolute atomic E-state index is 13.2. The van der Waals surface area contributed by atoms with Gasteiger partial charge in [-0.3, -0.25) is 9.36 Å². The number of nitrogens with zero attached hydrogens (tertiary/aromatic N) is 2. The van der Waals surface area contributed by atoms with E-state index in [0.717, 1.165) is 35.2 Å². The van der Waals surface area contributed by atoms with E-state index >= 15 is 0 Å². The normalized spacial score (nSPS) is 17.3. The summed E-state index contributed by atoms with van der Waals surface area (Å²) in [6.07, 6.45) is 4.99. The zero-order chi connectivity index (χ0) is 19.7. The summed E-state index contributed by atoms with van der Waals surface area (Å²) in [4.78, 5) is 32.5. The monoisotopic (exact) mass is 396 g/mol. The predicted molar refractivity (Wildman–Crippen MR) is 111 cm³/mol. The number of aryl methyl sites for hydroxylation is 1. The number of carbonyl (C=O) groups is 1. The Hall–Kier alpha value is -2.47. The maximum atomic E-state index is 13.2. The molecule has 4 rings (SSSR count). The first kappa shape index (κ1) is 18.9. The van der Waals surface area contributed by atoms with Gasteiger partial charge < -0.3 is 4.74 Å². The minimum absolute atomic E-state index is 0.124. The number of carbonyl (C=O) groups excluding carboxylic acids is 1. The highest BCUT2D eigenvalue weighted by atomic mass is 32.1. The molecular weight excluding hydrogens is 372 g/mol. The lowest BCUT2D eigenvalue weighted by atomic mass is 9.89. The molecule has 0 bridgehead atoms. The third-order valence-electron chi connectivity index (χ3n) is 5.46. The molecule has 0 spiro atoms. The van der Waals surface area contributed by atoms with E-state index in [4.69, 9.17) is 4.74 Å². The summed E-state index contributed by atoms with van der Waals surface area (Å²) < 4.78 is 6.95. The molecule has 0 unspecified atom stereocenters. The summed E-state index contributed by atoms with van der Waals surface area (Å²) in [5.74, 6) is 0.242. The van der Waals surface area contributed by atoms with Gasteiger partial charge in [0.2, 0.25) is 0 Å². The fourth-order valence-electron chi connectivity index (χ4n) is 3.87. The summed E-state index contributed by atoms with van der Waals surface area (Å²) in [6, 6.07) is 8.89. The lowest BCUT2D eigenvalue weighted by Gasteiger charge is -2.18. The predicted octanol–water partition coefficient (Wildman–Crippen LogP) is 4.28. The molecule has 0 aliphatic heterocycles. The molecular formula is C22H24N2O3S. The molecule has 1 aliphatic carbocycles. The fraction of sp³-hybridized carbons (Fsp3) is 0.409. The van der Waals surface area contributed by atoms with Crippen LogP contribution in [0, 0.1) is 5.92 Å². The van der Waals surface area contributed by atoms with Crippen LogP contribution in [-0.4, -0.2) is 15.5 Å². The molecule has 2 aromatic heterocycles. The van der Waals surface area contributed by atoms with E-state index in [1.807, 2.05) is 37.3 Å². The standard InChI is InChI=1S/C22H24N2O3S/c1-3-17(22(26)27-12-15-7-5-4-6-8-15)24-13-23-20-19(21(24)25)16-10-9-14(2)11-18(16)28-20/h4-8,13-14,17H,3,9-12H2,1-2H3/t14-,17-/m1/s1. The largest absolute Gasteiger partial charge is 0.459 e. The van der Waals surface area contributed by atoms with Crippen molar-refractivity contribution in [3.05, 3.63) is 63.0 Å². The SMILES string of the molecule is CC[C@H](C(=O)OCc1ccccc1)n1cnc2sc3c(c2c1=O)CC[C@@H](C)C3. The Balaban J connectivity index is 1.64. The van der Waals surface area contributed by atoms with Gasteiger partial charge in [-0.2, -0.15) is 0 Å². The molecule has 2 atom stereocenters. The minimum atomic E-state index is -0.661. The number of esters is 1. The molecule has 1 aliphatic rings. The molecule has 2 heterocycles. The number of hydrogen-bond donors (Lipinski definition) is 0. The molecule has 0 fully saturated rings. The van der Waals surface area contributed by atoms with E-state index < -0.39 is 12.0 Å². The van der Waals surface area contributed by atoms with Crippen molar-refractivity contribution in [3.63, 3.8) is 0 Å². The van der Waals surface area contributed by atoms with Crippen LogP contribution in [0.25, 0.3) is 10.2 Å². The van der Waals surface area contributed by atoms with E-state index in [1.165, 1.54) is 15.8 Å². The average Bonchev–Trinajstić information content (AvgIpc) is 3.07. The van der Waals surface area contributed by atoms with Crippen LogP contribution < -0.4 is 5.56 Å². The van der Waals surface area contributed by atoms with Gasteiger partial charge in [-0.05, 0) is 42.7 Å². The maximum Gasteiger partial charge on any atom is 0.329 e. The lowest BCUT2D eigenvalue weighted by Crippen LogP contribution is -2.31. The number of thiophene rings is 1. The molecule has 0 N–H and O–H groups in total. The number of benzene rings is 1. The number of aromatic nitrogens is 2.